The molecule has 0 saturated carbocycles. The number of piperidine rings is 1. The van der Waals surface area contributed by atoms with E-state index in [-0.39, 0.29) is 0 Å². The number of aliphatic imine (C=N–C) groups is 1. The van der Waals surface area contributed by atoms with E-state index in [9.17, 15) is 0 Å². The van der Waals surface area contributed by atoms with Crippen LogP contribution in [0.3, 0.4) is 0 Å². The fourth-order valence-electron chi connectivity index (χ4n) is 3.05. The number of guanidine groups is 1. The molecule has 2 fully saturated rings. The number of nitrogens with zero attached hydrogens (tertiary/aromatic N) is 3. The lowest BCUT2D eigenvalue weighted by Gasteiger charge is -2.28. The van der Waals surface area contributed by atoms with Gasteiger partial charge in [0.2, 0.25) is 0 Å². The Labute approximate surface area is 128 Å². The number of hydrogen-bond donors (Lipinski definition) is 2. The highest BCUT2D eigenvalue weighted by Crippen LogP contribution is 2.14. The molecule has 122 valence electrons. The van der Waals surface area contributed by atoms with E-state index in [1.54, 1.807) is 0 Å². The molecular formula is C15H31N5O. The fraction of sp³-hybridized carbons (Fsp3) is 0.933. The summed E-state index contributed by atoms with van der Waals surface area (Å²) in [6, 6.07) is 0. The molecule has 0 radical (unpaired) electrons. The molecule has 2 aliphatic heterocycles. The van der Waals surface area contributed by atoms with Crippen LogP contribution in [0, 0.1) is 5.92 Å². The molecule has 0 aromatic heterocycles. The van der Waals surface area contributed by atoms with Gasteiger partial charge in [-0.2, -0.15) is 0 Å². The van der Waals surface area contributed by atoms with Gasteiger partial charge < -0.3 is 20.7 Å². The molecule has 2 rings (SSSR count). The monoisotopic (exact) mass is 297 g/mol. The van der Waals surface area contributed by atoms with E-state index in [1.807, 2.05) is 0 Å². The summed E-state index contributed by atoms with van der Waals surface area (Å²) in [6.07, 6.45) is 3.66. The average molecular weight is 297 g/mol. The van der Waals surface area contributed by atoms with Gasteiger partial charge in [-0.1, -0.05) is 0 Å². The maximum Gasteiger partial charge on any atom is 0.188 e. The van der Waals surface area contributed by atoms with Crippen molar-refractivity contribution in [3.63, 3.8) is 0 Å². The molecule has 21 heavy (non-hydrogen) atoms. The van der Waals surface area contributed by atoms with Gasteiger partial charge in [-0.25, -0.2) is 0 Å². The van der Waals surface area contributed by atoms with Gasteiger partial charge in [0.15, 0.2) is 5.96 Å². The predicted octanol–water partition coefficient (Wildman–Crippen LogP) is -0.0452. The van der Waals surface area contributed by atoms with Gasteiger partial charge in [0.25, 0.3) is 0 Å². The number of morpholine rings is 1. The predicted molar refractivity (Wildman–Crippen MR) is 86.6 cm³/mol. The van der Waals surface area contributed by atoms with E-state index in [0.29, 0.717) is 11.9 Å². The van der Waals surface area contributed by atoms with Gasteiger partial charge >= 0.3 is 0 Å². The van der Waals surface area contributed by atoms with Crippen LogP contribution < -0.4 is 11.1 Å². The third-order valence-electron chi connectivity index (χ3n) is 4.30. The smallest absolute Gasteiger partial charge is 0.188 e. The first-order valence-corrected chi connectivity index (χ1v) is 8.26. The Balaban J connectivity index is 1.53. The Morgan fingerprint density at radius 1 is 1.33 bits per heavy atom. The molecule has 6 nitrogen and oxygen atoms in total. The Bertz CT molecular complexity index is 317. The van der Waals surface area contributed by atoms with Gasteiger partial charge in [0, 0.05) is 32.7 Å². The first-order valence-electron chi connectivity index (χ1n) is 8.26. The van der Waals surface area contributed by atoms with Crippen LogP contribution in [0.1, 0.15) is 19.3 Å². The molecule has 0 amide bonds. The summed E-state index contributed by atoms with van der Waals surface area (Å²) >= 11 is 0. The molecule has 0 aliphatic carbocycles. The van der Waals surface area contributed by atoms with E-state index in [2.05, 4.69) is 27.2 Å². The summed E-state index contributed by atoms with van der Waals surface area (Å²) in [4.78, 5) is 9.32. The van der Waals surface area contributed by atoms with Gasteiger partial charge in [-0.15, -0.1) is 0 Å². The SMILES string of the molecule is CN1CCCC(CN=C(N)NCCCN2CCOCC2)C1. The van der Waals surface area contributed by atoms with E-state index in [1.165, 1.54) is 19.4 Å². The van der Waals surface area contributed by atoms with E-state index < -0.39 is 0 Å². The summed E-state index contributed by atoms with van der Waals surface area (Å²) in [7, 11) is 2.18. The Morgan fingerprint density at radius 2 is 2.14 bits per heavy atom. The number of nitrogens with one attached hydrogen (secondary N) is 1. The first kappa shape index (κ1) is 16.5. The van der Waals surface area contributed by atoms with Crippen LogP contribution in [0.4, 0.5) is 0 Å². The van der Waals surface area contributed by atoms with Crippen LogP contribution in [-0.2, 0) is 4.74 Å². The minimum atomic E-state index is 0.602. The zero-order chi connectivity index (χ0) is 14.9. The largest absolute Gasteiger partial charge is 0.379 e. The van der Waals surface area contributed by atoms with Crippen molar-refractivity contribution in [2.45, 2.75) is 19.3 Å². The van der Waals surface area contributed by atoms with Gasteiger partial charge in [0.05, 0.1) is 13.2 Å². The second-order valence-corrected chi connectivity index (χ2v) is 6.23. The third-order valence-corrected chi connectivity index (χ3v) is 4.30. The normalized spacial score (nSPS) is 26.0. The number of hydrogen-bond acceptors (Lipinski definition) is 4. The highest BCUT2D eigenvalue weighted by Gasteiger charge is 2.16. The number of likely N-dealkylation sites (tertiary alicyclic amines) is 1. The van der Waals surface area contributed by atoms with Crippen molar-refractivity contribution in [3.05, 3.63) is 0 Å². The summed E-state index contributed by atoms with van der Waals surface area (Å²) in [6.45, 7) is 9.07. The van der Waals surface area contributed by atoms with Crippen molar-refractivity contribution in [2.75, 3.05) is 66.1 Å². The zero-order valence-electron chi connectivity index (χ0n) is 13.4. The lowest BCUT2D eigenvalue weighted by molar-refractivity contribution is 0.0376. The van der Waals surface area contributed by atoms with Crippen molar-refractivity contribution in [2.24, 2.45) is 16.6 Å². The molecule has 0 bridgehead atoms. The zero-order valence-corrected chi connectivity index (χ0v) is 13.4. The van der Waals surface area contributed by atoms with Crippen molar-refractivity contribution < 1.29 is 4.74 Å². The van der Waals surface area contributed by atoms with Crippen molar-refractivity contribution in [1.82, 2.24) is 15.1 Å². The van der Waals surface area contributed by atoms with E-state index in [4.69, 9.17) is 10.5 Å². The van der Waals surface area contributed by atoms with Crippen LogP contribution >= 0.6 is 0 Å². The molecule has 6 heteroatoms. The highest BCUT2D eigenvalue weighted by molar-refractivity contribution is 5.77. The second kappa shape index (κ2) is 9.23. The Kier molecular flexibility index (Phi) is 7.26. The summed E-state index contributed by atoms with van der Waals surface area (Å²) < 4.78 is 5.34. The Morgan fingerprint density at radius 3 is 2.90 bits per heavy atom. The number of ether oxygens (including phenoxy) is 1. The first-order chi connectivity index (χ1) is 10.2. The quantitative estimate of drug-likeness (QED) is 0.409. The summed E-state index contributed by atoms with van der Waals surface area (Å²) in [5, 5.41) is 3.23. The van der Waals surface area contributed by atoms with Gasteiger partial charge in [-0.3, -0.25) is 9.89 Å². The molecule has 0 aromatic carbocycles. The van der Waals surface area contributed by atoms with Crippen molar-refractivity contribution >= 4 is 5.96 Å². The molecule has 0 spiro atoms. The molecule has 2 heterocycles. The van der Waals surface area contributed by atoms with E-state index in [0.717, 1.165) is 58.9 Å². The molecule has 2 aliphatic rings. The Hall–Kier alpha value is -0.850. The number of nitrogens with two attached hydrogens (primary N) is 1. The van der Waals surface area contributed by atoms with Gasteiger partial charge in [0.1, 0.15) is 0 Å². The molecule has 1 unspecified atom stereocenters. The molecular weight excluding hydrogens is 266 g/mol. The molecule has 1 atom stereocenters. The lowest BCUT2D eigenvalue weighted by atomic mass is 9.99. The molecule has 0 aromatic rings. The highest BCUT2D eigenvalue weighted by atomic mass is 16.5. The van der Waals surface area contributed by atoms with E-state index >= 15 is 0 Å². The fourth-order valence-corrected chi connectivity index (χ4v) is 3.05. The maximum atomic E-state index is 5.94. The second-order valence-electron chi connectivity index (χ2n) is 6.23. The van der Waals surface area contributed by atoms with Gasteiger partial charge in [-0.05, 0) is 45.3 Å². The van der Waals surface area contributed by atoms with Crippen LogP contribution in [0.2, 0.25) is 0 Å². The minimum Gasteiger partial charge on any atom is -0.379 e. The maximum absolute atomic E-state index is 5.94. The molecule has 3 N–H and O–H groups in total. The van der Waals surface area contributed by atoms with Crippen LogP contribution in [0.15, 0.2) is 4.99 Å². The summed E-state index contributed by atoms with van der Waals surface area (Å²) in [5.74, 6) is 1.27. The number of rotatable bonds is 6. The third kappa shape index (κ3) is 6.63. The van der Waals surface area contributed by atoms with Crippen molar-refractivity contribution in [3.8, 4) is 0 Å². The summed E-state index contributed by atoms with van der Waals surface area (Å²) in [5.41, 5.74) is 5.94. The van der Waals surface area contributed by atoms with Crippen molar-refractivity contribution in [1.29, 1.82) is 0 Å². The standard InChI is InChI=1S/C15H31N5O/c1-19-6-2-4-14(13-19)12-18-15(16)17-5-3-7-20-8-10-21-11-9-20/h14H,2-13H2,1H3,(H3,16,17,18). The van der Waals surface area contributed by atoms with Crippen LogP contribution in [0.5, 0.6) is 0 Å². The average Bonchev–Trinajstić information content (AvgIpc) is 2.51. The lowest BCUT2D eigenvalue weighted by Crippen LogP contribution is -2.39. The topological polar surface area (TPSA) is 66.1 Å². The van der Waals surface area contributed by atoms with Crippen LogP contribution in [0.25, 0.3) is 0 Å². The molecule has 2 saturated heterocycles. The minimum absolute atomic E-state index is 0.602. The van der Waals surface area contributed by atoms with Crippen LogP contribution in [-0.4, -0.2) is 81.8 Å².